The van der Waals surface area contributed by atoms with E-state index in [0.717, 1.165) is 28.8 Å². The lowest BCUT2D eigenvalue weighted by Crippen LogP contribution is -1.99. The molecule has 21 heavy (non-hydrogen) atoms. The lowest BCUT2D eigenvalue weighted by Gasteiger charge is -2.04. The largest absolute Gasteiger partial charge is 0.324 e. The maximum atomic E-state index is 4.75. The first-order valence-electron chi connectivity index (χ1n) is 7.17. The van der Waals surface area contributed by atoms with Gasteiger partial charge in [0, 0.05) is 11.0 Å². The van der Waals surface area contributed by atoms with E-state index in [9.17, 15) is 0 Å². The molecule has 0 aliphatic heterocycles. The van der Waals surface area contributed by atoms with Crippen LogP contribution in [-0.2, 0) is 6.54 Å². The molecule has 0 aliphatic carbocycles. The normalized spacial score (nSPS) is 11.5. The van der Waals surface area contributed by atoms with E-state index < -0.39 is 0 Å². The fourth-order valence-electron chi connectivity index (χ4n) is 2.44. The molecule has 106 valence electrons. The molecule has 0 saturated heterocycles. The first-order valence-corrected chi connectivity index (χ1v) is 7.96. The zero-order valence-electron chi connectivity index (χ0n) is 12.0. The molecule has 0 atom stereocenters. The molecule has 0 saturated carbocycles. The van der Waals surface area contributed by atoms with Crippen molar-refractivity contribution in [3.63, 3.8) is 0 Å². The highest BCUT2D eigenvalue weighted by Crippen LogP contribution is 2.22. The van der Waals surface area contributed by atoms with E-state index in [-0.39, 0.29) is 0 Å². The second-order valence-corrected chi connectivity index (χ2v) is 5.91. The molecule has 0 fully saturated rings. The summed E-state index contributed by atoms with van der Waals surface area (Å²) in [5.74, 6) is 1.01. The highest BCUT2D eigenvalue weighted by molar-refractivity contribution is 9.10. The van der Waals surface area contributed by atoms with Gasteiger partial charge in [0.25, 0.3) is 0 Å². The Kier molecular flexibility index (Phi) is 4.20. The first kappa shape index (κ1) is 14.1. The van der Waals surface area contributed by atoms with E-state index in [1.54, 1.807) is 0 Å². The molecule has 0 radical (unpaired) electrons. The quantitative estimate of drug-likeness (QED) is 0.623. The minimum absolute atomic E-state index is 0.979. The Labute approximate surface area is 133 Å². The van der Waals surface area contributed by atoms with Gasteiger partial charge >= 0.3 is 0 Å². The average molecular weight is 341 g/mol. The van der Waals surface area contributed by atoms with Crippen molar-refractivity contribution in [2.75, 3.05) is 0 Å². The fraction of sp³-hybridized carbons (Fsp3) is 0.167. The van der Waals surface area contributed by atoms with Crippen molar-refractivity contribution in [1.29, 1.82) is 0 Å². The molecule has 0 amide bonds. The van der Waals surface area contributed by atoms with Crippen LogP contribution in [-0.4, -0.2) is 9.55 Å². The Morgan fingerprint density at radius 2 is 1.90 bits per heavy atom. The van der Waals surface area contributed by atoms with Crippen molar-refractivity contribution in [3.8, 4) is 0 Å². The Morgan fingerprint density at radius 1 is 1.10 bits per heavy atom. The van der Waals surface area contributed by atoms with Crippen molar-refractivity contribution in [1.82, 2.24) is 9.55 Å². The van der Waals surface area contributed by atoms with Crippen molar-refractivity contribution in [3.05, 3.63) is 64.4 Å². The van der Waals surface area contributed by atoms with E-state index in [0.29, 0.717) is 0 Å². The van der Waals surface area contributed by atoms with Gasteiger partial charge in [0.15, 0.2) is 0 Å². The molecule has 0 N–H and O–H groups in total. The number of imidazole rings is 1. The number of fused-ring (bicyclic) bond motifs is 1. The molecular weight excluding hydrogens is 324 g/mol. The number of nitrogens with zero attached hydrogens (tertiary/aromatic N) is 2. The highest BCUT2D eigenvalue weighted by Gasteiger charge is 2.08. The monoisotopic (exact) mass is 340 g/mol. The summed E-state index contributed by atoms with van der Waals surface area (Å²) in [4.78, 5) is 4.75. The summed E-state index contributed by atoms with van der Waals surface area (Å²) in [6.45, 7) is 3.17. The van der Waals surface area contributed by atoms with Gasteiger partial charge < -0.3 is 4.57 Å². The van der Waals surface area contributed by atoms with Gasteiger partial charge in [0.2, 0.25) is 0 Å². The van der Waals surface area contributed by atoms with Crippen LogP contribution in [0.15, 0.2) is 53.0 Å². The third-order valence-electron chi connectivity index (χ3n) is 3.41. The van der Waals surface area contributed by atoms with Gasteiger partial charge in [0.05, 0.1) is 11.0 Å². The van der Waals surface area contributed by atoms with Gasteiger partial charge in [-0.1, -0.05) is 59.3 Å². The number of halogens is 1. The van der Waals surface area contributed by atoms with Crippen LogP contribution < -0.4 is 0 Å². The van der Waals surface area contributed by atoms with Crippen LogP contribution in [0.25, 0.3) is 23.2 Å². The van der Waals surface area contributed by atoms with Crippen LogP contribution in [0.2, 0.25) is 0 Å². The Balaban J connectivity index is 2.04. The molecule has 2 nitrogen and oxygen atoms in total. The Hall–Kier alpha value is -1.87. The first-order chi connectivity index (χ1) is 10.3. The van der Waals surface area contributed by atoms with E-state index in [2.05, 4.69) is 69.9 Å². The minimum atomic E-state index is 0.979. The van der Waals surface area contributed by atoms with E-state index >= 15 is 0 Å². The highest BCUT2D eigenvalue weighted by atomic mass is 79.9. The zero-order chi connectivity index (χ0) is 14.7. The van der Waals surface area contributed by atoms with E-state index in [1.165, 1.54) is 11.1 Å². The van der Waals surface area contributed by atoms with Crippen LogP contribution in [0.1, 0.15) is 24.7 Å². The van der Waals surface area contributed by atoms with Crippen molar-refractivity contribution >= 4 is 39.1 Å². The summed E-state index contributed by atoms with van der Waals surface area (Å²) < 4.78 is 3.34. The summed E-state index contributed by atoms with van der Waals surface area (Å²) in [5.41, 5.74) is 3.41. The zero-order valence-corrected chi connectivity index (χ0v) is 13.5. The average Bonchev–Trinajstić information content (AvgIpc) is 2.84. The van der Waals surface area contributed by atoms with Gasteiger partial charge in [-0.25, -0.2) is 4.98 Å². The van der Waals surface area contributed by atoms with E-state index in [4.69, 9.17) is 4.98 Å². The van der Waals surface area contributed by atoms with Gasteiger partial charge in [-0.05, 0) is 36.3 Å². The number of hydrogen-bond acceptors (Lipinski definition) is 1. The third kappa shape index (κ3) is 3.08. The van der Waals surface area contributed by atoms with Gasteiger partial charge in [0.1, 0.15) is 5.82 Å². The Bertz CT molecular complexity index is 773. The standard InChI is InChI=1S/C18H17BrN2/c1-2-12-21-17-10-9-15(19)13-16(17)20-18(21)11-8-14-6-4-3-5-7-14/h3-11,13H,2,12H2,1H3/b11-8+. The van der Waals surface area contributed by atoms with Crippen LogP contribution in [0, 0.1) is 0 Å². The van der Waals surface area contributed by atoms with E-state index in [1.807, 2.05) is 18.2 Å². The third-order valence-corrected chi connectivity index (χ3v) is 3.90. The van der Waals surface area contributed by atoms with Gasteiger partial charge in [-0.2, -0.15) is 0 Å². The second-order valence-electron chi connectivity index (χ2n) is 5.00. The molecule has 3 heteroatoms. The number of aryl methyl sites for hydroxylation is 1. The van der Waals surface area contributed by atoms with Crippen LogP contribution in [0.5, 0.6) is 0 Å². The predicted octanol–water partition coefficient (Wildman–Crippen LogP) is 5.38. The molecule has 3 aromatic rings. The lowest BCUT2D eigenvalue weighted by molar-refractivity contribution is 0.691. The molecule has 0 spiro atoms. The molecule has 2 aromatic carbocycles. The summed E-state index contributed by atoms with van der Waals surface area (Å²) in [7, 11) is 0. The molecule has 3 rings (SSSR count). The van der Waals surface area contributed by atoms with Crippen LogP contribution in [0.4, 0.5) is 0 Å². The van der Waals surface area contributed by atoms with Gasteiger partial charge in [-0.15, -0.1) is 0 Å². The number of aromatic nitrogens is 2. The summed E-state index contributed by atoms with van der Waals surface area (Å²) >= 11 is 3.51. The molecule has 1 heterocycles. The summed E-state index contributed by atoms with van der Waals surface area (Å²) in [5, 5.41) is 0. The number of benzene rings is 2. The number of rotatable bonds is 4. The van der Waals surface area contributed by atoms with Crippen molar-refractivity contribution in [2.45, 2.75) is 19.9 Å². The maximum Gasteiger partial charge on any atom is 0.133 e. The number of hydrogen-bond donors (Lipinski definition) is 0. The predicted molar refractivity (Wildman–Crippen MR) is 93.1 cm³/mol. The molecular formula is C18H17BrN2. The molecule has 0 bridgehead atoms. The van der Waals surface area contributed by atoms with Crippen LogP contribution >= 0.6 is 15.9 Å². The summed E-state index contributed by atoms with van der Waals surface area (Å²) in [6.07, 6.45) is 5.30. The topological polar surface area (TPSA) is 17.8 Å². The molecule has 0 unspecified atom stereocenters. The van der Waals surface area contributed by atoms with Crippen molar-refractivity contribution in [2.24, 2.45) is 0 Å². The Morgan fingerprint density at radius 3 is 2.67 bits per heavy atom. The summed E-state index contributed by atoms with van der Waals surface area (Å²) in [6, 6.07) is 16.6. The van der Waals surface area contributed by atoms with Gasteiger partial charge in [-0.3, -0.25) is 0 Å². The SMILES string of the molecule is CCCn1c(/C=C/c2ccccc2)nc2cc(Br)ccc21. The lowest BCUT2D eigenvalue weighted by atomic mass is 10.2. The fourth-order valence-corrected chi connectivity index (χ4v) is 2.79. The molecule has 0 aliphatic rings. The smallest absolute Gasteiger partial charge is 0.133 e. The minimum Gasteiger partial charge on any atom is -0.324 e. The van der Waals surface area contributed by atoms with Crippen molar-refractivity contribution < 1.29 is 0 Å². The van der Waals surface area contributed by atoms with Crippen LogP contribution in [0.3, 0.4) is 0 Å². The second kappa shape index (κ2) is 6.27. The molecule has 1 aromatic heterocycles. The maximum absolute atomic E-state index is 4.75.